The molecule has 0 spiro atoms. The van der Waals surface area contributed by atoms with Crippen molar-refractivity contribution < 1.29 is 14.3 Å². The molecule has 0 aliphatic carbocycles. The Labute approximate surface area is 90.0 Å². The molecule has 0 heterocycles. The number of Topliss-reactive ketones (excluding diaryl/α,β-unsaturated/α-hetero) is 1. The van der Waals surface area contributed by atoms with Crippen LogP contribution in [0.25, 0.3) is 0 Å². The molecule has 0 N–H and O–H groups in total. The maximum absolute atomic E-state index is 11.6. The molecule has 0 bridgehead atoms. The van der Waals surface area contributed by atoms with Gasteiger partial charge in [0.25, 0.3) is 0 Å². The lowest BCUT2D eigenvalue weighted by molar-refractivity contribution is 0.0761. The van der Waals surface area contributed by atoms with E-state index in [2.05, 4.69) is 0 Å². The normalized spacial score (nSPS) is 10.0. The van der Waals surface area contributed by atoms with E-state index in [0.717, 1.165) is 6.42 Å². The summed E-state index contributed by atoms with van der Waals surface area (Å²) >= 11 is 0. The topological polar surface area (TPSA) is 35.5 Å². The highest BCUT2D eigenvalue weighted by molar-refractivity contribution is 5.97. The summed E-state index contributed by atoms with van der Waals surface area (Å²) < 4.78 is 10.2. The number of hydrogen-bond donors (Lipinski definition) is 0. The summed E-state index contributed by atoms with van der Waals surface area (Å²) in [6.07, 6.45) is 0.922. The summed E-state index contributed by atoms with van der Waals surface area (Å²) in [4.78, 5) is 11.6. The maximum Gasteiger partial charge on any atom is 0.188 e. The molecule has 0 fully saturated rings. The molecule has 1 rings (SSSR count). The summed E-state index contributed by atoms with van der Waals surface area (Å²) in [5.41, 5.74) is 0.630. The van der Waals surface area contributed by atoms with Crippen molar-refractivity contribution in [2.24, 2.45) is 0 Å². The second-order valence-corrected chi connectivity index (χ2v) is 3.21. The Morgan fingerprint density at radius 2 is 2.20 bits per heavy atom. The molecule has 0 radical (unpaired) electrons. The second kappa shape index (κ2) is 6.19. The quantitative estimate of drug-likeness (QED) is 0.531. The van der Waals surface area contributed by atoms with Crippen molar-refractivity contribution >= 4 is 5.78 Å². The first-order chi connectivity index (χ1) is 7.27. The average Bonchev–Trinajstić information content (AvgIpc) is 2.29. The van der Waals surface area contributed by atoms with E-state index in [4.69, 9.17) is 9.47 Å². The summed E-state index contributed by atoms with van der Waals surface area (Å²) in [5, 5.41) is 0. The van der Waals surface area contributed by atoms with Crippen LogP contribution in [0.2, 0.25) is 0 Å². The third-order valence-corrected chi connectivity index (χ3v) is 1.97. The lowest BCUT2D eigenvalue weighted by atomic mass is 10.1. The molecule has 1 aromatic carbocycles. The first kappa shape index (κ1) is 11.7. The predicted molar refractivity (Wildman–Crippen MR) is 58.4 cm³/mol. The lowest BCUT2D eigenvalue weighted by Crippen LogP contribution is -2.09. The Balaban J connectivity index is 2.57. The SMILES string of the molecule is CCCOCC(=O)c1cccc(OC)c1. The number of carbonyl (C=O) groups is 1. The van der Waals surface area contributed by atoms with Gasteiger partial charge in [-0.1, -0.05) is 19.1 Å². The summed E-state index contributed by atoms with van der Waals surface area (Å²) in [5.74, 6) is 0.679. The third kappa shape index (κ3) is 3.72. The van der Waals surface area contributed by atoms with Crippen LogP contribution >= 0.6 is 0 Å². The maximum atomic E-state index is 11.6. The molecule has 15 heavy (non-hydrogen) atoms. The molecule has 0 aliphatic heterocycles. The van der Waals surface area contributed by atoms with Crippen LogP contribution in [0.3, 0.4) is 0 Å². The Kier molecular flexibility index (Phi) is 4.84. The first-order valence-corrected chi connectivity index (χ1v) is 5.03. The fraction of sp³-hybridized carbons (Fsp3) is 0.417. The molecule has 0 unspecified atom stereocenters. The summed E-state index contributed by atoms with van der Waals surface area (Å²) in [7, 11) is 1.58. The highest BCUT2D eigenvalue weighted by Gasteiger charge is 2.06. The van der Waals surface area contributed by atoms with Gasteiger partial charge in [0.15, 0.2) is 5.78 Å². The van der Waals surface area contributed by atoms with Crippen LogP contribution in [0, 0.1) is 0 Å². The zero-order valence-electron chi connectivity index (χ0n) is 9.16. The number of ether oxygens (including phenoxy) is 2. The van der Waals surface area contributed by atoms with E-state index < -0.39 is 0 Å². The van der Waals surface area contributed by atoms with Crippen LogP contribution < -0.4 is 4.74 Å². The molecule has 82 valence electrons. The smallest absolute Gasteiger partial charge is 0.188 e. The summed E-state index contributed by atoms with van der Waals surface area (Å²) in [6.45, 7) is 2.77. The number of benzene rings is 1. The van der Waals surface area contributed by atoms with E-state index in [0.29, 0.717) is 17.9 Å². The minimum absolute atomic E-state index is 0.0117. The van der Waals surface area contributed by atoms with E-state index >= 15 is 0 Å². The molecule has 0 saturated heterocycles. The highest BCUT2D eigenvalue weighted by Crippen LogP contribution is 2.12. The monoisotopic (exact) mass is 208 g/mol. The van der Waals surface area contributed by atoms with Gasteiger partial charge in [-0.25, -0.2) is 0 Å². The van der Waals surface area contributed by atoms with E-state index in [1.54, 1.807) is 25.3 Å². The van der Waals surface area contributed by atoms with E-state index in [9.17, 15) is 4.79 Å². The zero-order chi connectivity index (χ0) is 11.1. The number of ketones is 1. The zero-order valence-corrected chi connectivity index (χ0v) is 9.16. The van der Waals surface area contributed by atoms with Crippen LogP contribution in [0.5, 0.6) is 5.75 Å². The second-order valence-electron chi connectivity index (χ2n) is 3.21. The number of methoxy groups -OCH3 is 1. The molecule has 0 aromatic heterocycles. The van der Waals surface area contributed by atoms with Crippen LogP contribution in [0.15, 0.2) is 24.3 Å². The van der Waals surface area contributed by atoms with Crippen LogP contribution in [0.1, 0.15) is 23.7 Å². The first-order valence-electron chi connectivity index (χ1n) is 5.03. The van der Waals surface area contributed by atoms with Crippen molar-refractivity contribution in [1.82, 2.24) is 0 Å². The molecule has 3 nitrogen and oxygen atoms in total. The molecular weight excluding hydrogens is 192 g/mol. The van der Waals surface area contributed by atoms with E-state index in [1.165, 1.54) is 0 Å². The standard InChI is InChI=1S/C12H16O3/c1-3-7-15-9-12(13)10-5-4-6-11(8-10)14-2/h4-6,8H,3,7,9H2,1-2H3. The highest BCUT2D eigenvalue weighted by atomic mass is 16.5. The van der Waals surface area contributed by atoms with Gasteiger partial charge in [-0.3, -0.25) is 4.79 Å². The molecular formula is C12H16O3. The minimum atomic E-state index is -0.0117. The van der Waals surface area contributed by atoms with Gasteiger partial charge in [0, 0.05) is 12.2 Å². The van der Waals surface area contributed by atoms with Gasteiger partial charge in [0.05, 0.1) is 7.11 Å². The number of carbonyl (C=O) groups excluding carboxylic acids is 1. The predicted octanol–water partition coefficient (Wildman–Crippen LogP) is 2.30. The largest absolute Gasteiger partial charge is 0.497 e. The van der Waals surface area contributed by atoms with E-state index in [-0.39, 0.29) is 12.4 Å². The van der Waals surface area contributed by atoms with Gasteiger partial charge < -0.3 is 9.47 Å². The summed E-state index contributed by atoms with van der Waals surface area (Å²) in [6, 6.07) is 7.09. The van der Waals surface area contributed by atoms with Gasteiger partial charge in [0.2, 0.25) is 0 Å². The van der Waals surface area contributed by atoms with Crippen LogP contribution in [0.4, 0.5) is 0 Å². The van der Waals surface area contributed by atoms with Crippen molar-refractivity contribution in [2.75, 3.05) is 20.3 Å². The van der Waals surface area contributed by atoms with Crippen molar-refractivity contribution in [3.63, 3.8) is 0 Å². The number of rotatable bonds is 6. The Bertz CT molecular complexity index is 320. The average molecular weight is 208 g/mol. The minimum Gasteiger partial charge on any atom is -0.497 e. The Morgan fingerprint density at radius 3 is 2.87 bits per heavy atom. The lowest BCUT2D eigenvalue weighted by Gasteiger charge is -2.04. The Morgan fingerprint density at radius 1 is 1.40 bits per heavy atom. The van der Waals surface area contributed by atoms with Crippen LogP contribution in [-0.4, -0.2) is 26.1 Å². The molecule has 0 saturated carbocycles. The van der Waals surface area contributed by atoms with Gasteiger partial charge in [0.1, 0.15) is 12.4 Å². The molecule has 0 amide bonds. The fourth-order valence-electron chi connectivity index (χ4n) is 1.19. The molecule has 3 heteroatoms. The Hall–Kier alpha value is -1.35. The van der Waals surface area contributed by atoms with Gasteiger partial charge in [-0.2, -0.15) is 0 Å². The molecule has 1 aromatic rings. The van der Waals surface area contributed by atoms with Crippen molar-refractivity contribution in [3.8, 4) is 5.75 Å². The van der Waals surface area contributed by atoms with Crippen molar-refractivity contribution in [2.45, 2.75) is 13.3 Å². The van der Waals surface area contributed by atoms with Gasteiger partial charge >= 0.3 is 0 Å². The fourth-order valence-corrected chi connectivity index (χ4v) is 1.19. The molecule has 0 atom stereocenters. The molecule has 0 aliphatic rings. The number of hydrogen-bond acceptors (Lipinski definition) is 3. The van der Waals surface area contributed by atoms with Gasteiger partial charge in [-0.05, 0) is 18.6 Å². The van der Waals surface area contributed by atoms with Crippen LogP contribution in [-0.2, 0) is 4.74 Å². The van der Waals surface area contributed by atoms with Gasteiger partial charge in [-0.15, -0.1) is 0 Å². The third-order valence-electron chi connectivity index (χ3n) is 1.97. The van der Waals surface area contributed by atoms with Crippen molar-refractivity contribution in [3.05, 3.63) is 29.8 Å². The van der Waals surface area contributed by atoms with Crippen molar-refractivity contribution in [1.29, 1.82) is 0 Å². The van der Waals surface area contributed by atoms with E-state index in [1.807, 2.05) is 13.0 Å².